The summed E-state index contributed by atoms with van der Waals surface area (Å²) in [5.41, 5.74) is -2.89. The SMILES string of the molecule is CCOC(=O)[C@@H]1[C@@H](c2ccc(Br)cc2)C2(C(=O)NC(=O)NC2=O)[C@@H](c2ccc(Br)cc2)O[C@@]1(O)C(F)(F)F.CCOC(C)=O. The van der Waals surface area contributed by atoms with Gasteiger partial charge in [0, 0.05) is 21.8 Å². The molecule has 1 spiro atoms. The molecule has 2 saturated heterocycles. The molecular formula is C28H27Br2F3N2O9. The van der Waals surface area contributed by atoms with E-state index in [0.717, 1.165) is 0 Å². The van der Waals surface area contributed by atoms with Crippen molar-refractivity contribution in [1.29, 1.82) is 0 Å². The zero-order valence-electron chi connectivity index (χ0n) is 23.4. The van der Waals surface area contributed by atoms with Crippen LogP contribution in [0.1, 0.15) is 43.9 Å². The molecule has 0 aromatic heterocycles. The van der Waals surface area contributed by atoms with Crippen LogP contribution in [0.4, 0.5) is 18.0 Å². The molecule has 0 saturated carbocycles. The molecule has 44 heavy (non-hydrogen) atoms. The first-order valence-electron chi connectivity index (χ1n) is 13.0. The van der Waals surface area contributed by atoms with Crippen molar-refractivity contribution < 1.29 is 56.5 Å². The Morgan fingerprint density at radius 3 is 1.73 bits per heavy atom. The van der Waals surface area contributed by atoms with E-state index in [1.54, 1.807) is 6.92 Å². The normalized spacial score (nSPS) is 24.4. The minimum Gasteiger partial charge on any atom is -0.466 e. The Labute approximate surface area is 266 Å². The number of carbonyl (C=O) groups excluding carboxylic acids is 5. The molecule has 4 atom stereocenters. The second-order valence-electron chi connectivity index (χ2n) is 9.53. The van der Waals surface area contributed by atoms with Crippen LogP contribution in [0, 0.1) is 11.3 Å². The van der Waals surface area contributed by atoms with Gasteiger partial charge in [-0.25, -0.2) is 4.79 Å². The molecule has 0 unspecified atom stereocenters. The summed E-state index contributed by atoms with van der Waals surface area (Å²) >= 11 is 6.42. The number of hydrogen-bond acceptors (Lipinski definition) is 9. The van der Waals surface area contributed by atoms with Gasteiger partial charge in [0.2, 0.25) is 11.8 Å². The van der Waals surface area contributed by atoms with Gasteiger partial charge in [-0.1, -0.05) is 56.1 Å². The Kier molecular flexibility index (Phi) is 11.0. The van der Waals surface area contributed by atoms with E-state index in [-0.39, 0.29) is 23.7 Å². The molecule has 0 aliphatic carbocycles. The zero-order valence-corrected chi connectivity index (χ0v) is 26.5. The van der Waals surface area contributed by atoms with Crippen molar-refractivity contribution in [1.82, 2.24) is 10.6 Å². The minimum atomic E-state index is -5.59. The number of aliphatic hydroxyl groups is 1. The van der Waals surface area contributed by atoms with E-state index in [0.29, 0.717) is 15.6 Å². The highest BCUT2D eigenvalue weighted by Crippen LogP contribution is 2.63. The molecule has 2 heterocycles. The third-order valence-corrected chi connectivity index (χ3v) is 7.92. The number of barbiturate groups is 1. The summed E-state index contributed by atoms with van der Waals surface area (Å²) in [6.45, 7) is 4.61. The van der Waals surface area contributed by atoms with E-state index >= 15 is 0 Å². The number of nitrogens with one attached hydrogen (secondary N) is 2. The Bertz CT molecular complexity index is 1400. The molecule has 0 bridgehead atoms. The quantitative estimate of drug-likeness (QED) is 0.297. The van der Waals surface area contributed by atoms with Crippen molar-refractivity contribution in [3.8, 4) is 0 Å². The molecule has 2 aromatic rings. The third-order valence-electron chi connectivity index (χ3n) is 6.86. The minimum absolute atomic E-state index is 0.0982. The number of esters is 2. The van der Waals surface area contributed by atoms with Gasteiger partial charge in [0.05, 0.1) is 13.2 Å². The molecule has 4 amide bonds. The highest BCUT2D eigenvalue weighted by molar-refractivity contribution is 9.10. The number of halogens is 5. The Morgan fingerprint density at radius 2 is 1.34 bits per heavy atom. The molecule has 4 rings (SSSR count). The summed E-state index contributed by atoms with van der Waals surface area (Å²) in [7, 11) is 0. The first-order valence-corrected chi connectivity index (χ1v) is 14.6. The molecule has 2 aliphatic rings. The summed E-state index contributed by atoms with van der Waals surface area (Å²) in [5, 5.41) is 15.0. The fourth-order valence-electron chi connectivity index (χ4n) is 5.13. The number of amides is 4. The maximum atomic E-state index is 14.6. The maximum absolute atomic E-state index is 14.6. The van der Waals surface area contributed by atoms with Crippen molar-refractivity contribution in [2.24, 2.45) is 11.3 Å². The lowest BCUT2D eigenvalue weighted by Gasteiger charge is -2.55. The molecule has 16 heteroatoms. The third kappa shape index (κ3) is 6.67. The standard InChI is InChI=1S/C24H19Br2F3N2O7.C4H8O2/c1-2-37-18(32)16-15(11-3-7-13(25)8-4-11)22(19(33)30-21(35)31-20(22)34)17(12-5-9-14(26)10-6-12)38-23(16,36)24(27,28)29;1-3-6-4(2)5/h3-10,15-17,36H,2H2,1H3,(H2,30,31,33,34,35);3H2,1-2H3/t15-,16+,17-,23-;/m1./s1. The van der Waals surface area contributed by atoms with Crippen LogP contribution in [0.15, 0.2) is 57.5 Å². The van der Waals surface area contributed by atoms with Gasteiger partial charge in [-0.3, -0.25) is 29.8 Å². The fraction of sp³-hybridized carbons (Fsp3) is 0.393. The highest BCUT2D eigenvalue weighted by atomic mass is 79.9. The van der Waals surface area contributed by atoms with Crippen LogP contribution in [0.3, 0.4) is 0 Å². The van der Waals surface area contributed by atoms with E-state index < -0.39 is 59.1 Å². The van der Waals surface area contributed by atoms with Crippen molar-refractivity contribution in [3.05, 3.63) is 68.6 Å². The smallest absolute Gasteiger partial charge is 0.444 e. The van der Waals surface area contributed by atoms with E-state index in [1.165, 1.54) is 62.4 Å². The summed E-state index contributed by atoms with van der Waals surface area (Å²) in [5.74, 6) is -13.3. The molecule has 3 N–H and O–H groups in total. The molecular weight excluding hydrogens is 725 g/mol. The number of carbonyl (C=O) groups is 5. The first-order chi connectivity index (χ1) is 20.5. The van der Waals surface area contributed by atoms with Gasteiger partial charge in [-0.2, -0.15) is 13.2 Å². The average Bonchev–Trinajstić information content (AvgIpc) is 2.92. The van der Waals surface area contributed by atoms with Gasteiger partial charge in [0.1, 0.15) is 12.0 Å². The molecule has 2 aromatic carbocycles. The molecule has 2 fully saturated rings. The van der Waals surface area contributed by atoms with Gasteiger partial charge >= 0.3 is 24.1 Å². The van der Waals surface area contributed by atoms with Gasteiger partial charge in [0.15, 0.2) is 5.41 Å². The number of benzene rings is 2. The van der Waals surface area contributed by atoms with Crippen LogP contribution < -0.4 is 10.6 Å². The highest BCUT2D eigenvalue weighted by Gasteiger charge is 2.78. The lowest BCUT2D eigenvalue weighted by atomic mass is 9.56. The lowest BCUT2D eigenvalue weighted by molar-refractivity contribution is -0.419. The molecule has 0 radical (unpaired) electrons. The van der Waals surface area contributed by atoms with Crippen LogP contribution in [-0.4, -0.2) is 60.1 Å². The fourth-order valence-corrected chi connectivity index (χ4v) is 5.66. The number of imide groups is 2. The summed E-state index contributed by atoms with van der Waals surface area (Å²) in [6.07, 6.45) is -7.71. The topological polar surface area (TPSA) is 157 Å². The molecule has 2 aliphatic heterocycles. The van der Waals surface area contributed by atoms with Gasteiger partial charge < -0.3 is 19.3 Å². The van der Waals surface area contributed by atoms with E-state index in [2.05, 4.69) is 36.6 Å². The van der Waals surface area contributed by atoms with Crippen LogP contribution >= 0.6 is 31.9 Å². The molecule has 238 valence electrons. The van der Waals surface area contributed by atoms with Gasteiger partial charge in [-0.05, 0) is 49.2 Å². The first kappa shape index (κ1) is 35.1. The van der Waals surface area contributed by atoms with Crippen LogP contribution in [0.25, 0.3) is 0 Å². The van der Waals surface area contributed by atoms with Gasteiger partial charge in [0.25, 0.3) is 5.79 Å². The zero-order chi connectivity index (χ0) is 33.0. The van der Waals surface area contributed by atoms with E-state index in [4.69, 9.17) is 9.47 Å². The van der Waals surface area contributed by atoms with Crippen molar-refractivity contribution in [2.75, 3.05) is 13.2 Å². The summed E-state index contributed by atoms with van der Waals surface area (Å²) < 4.78 is 59.5. The monoisotopic (exact) mass is 750 g/mol. The van der Waals surface area contributed by atoms with Crippen molar-refractivity contribution in [3.63, 3.8) is 0 Å². The predicted octanol–water partition coefficient (Wildman–Crippen LogP) is 4.42. The largest absolute Gasteiger partial charge is 0.466 e. The second kappa shape index (κ2) is 13.7. The van der Waals surface area contributed by atoms with Crippen LogP contribution in [-0.2, 0) is 33.4 Å². The lowest BCUT2D eigenvalue weighted by Crippen LogP contribution is -2.74. The summed E-state index contributed by atoms with van der Waals surface area (Å²) in [6, 6.07) is 9.64. The van der Waals surface area contributed by atoms with Crippen LogP contribution in [0.5, 0.6) is 0 Å². The van der Waals surface area contributed by atoms with Crippen molar-refractivity contribution >= 4 is 61.6 Å². The molecule has 11 nitrogen and oxygen atoms in total. The van der Waals surface area contributed by atoms with Crippen LogP contribution in [0.2, 0.25) is 0 Å². The van der Waals surface area contributed by atoms with E-state index in [9.17, 15) is 42.3 Å². The number of ether oxygens (including phenoxy) is 3. The Hall–Kier alpha value is -3.34. The van der Waals surface area contributed by atoms with Gasteiger partial charge in [-0.15, -0.1) is 0 Å². The predicted molar refractivity (Wildman–Crippen MR) is 152 cm³/mol. The Balaban J connectivity index is 0.000000801. The number of rotatable bonds is 5. The second-order valence-corrected chi connectivity index (χ2v) is 11.4. The summed E-state index contributed by atoms with van der Waals surface area (Å²) in [4.78, 5) is 62.4. The number of hydrogen-bond donors (Lipinski definition) is 3. The van der Waals surface area contributed by atoms with E-state index in [1.807, 2.05) is 10.6 Å². The Morgan fingerprint density at radius 1 is 0.886 bits per heavy atom. The number of urea groups is 1. The average molecular weight is 752 g/mol. The maximum Gasteiger partial charge on any atom is 0.444 e. The number of alkyl halides is 3. The van der Waals surface area contributed by atoms with Crippen molar-refractivity contribution in [2.45, 2.75) is 44.8 Å².